The maximum absolute atomic E-state index is 11.6. The average molecular weight is 222 g/mol. The summed E-state index contributed by atoms with van der Waals surface area (Å²) in [4.78, 5) is 11.6. The third kappa shape index (κ3) is 3.81. The number of anilines is 2. The first-order valence-electron chi connectivity index (χ1n) is 5.13. The highest BCUT2D eigenvalue weighted by Gasteiger charge is 2.17. The fourth-order valence-electron chi connectivity index (χ4n) is 1.31. The molecule has 0 radical (unpaired) electrons. The summed E-state index contributed by atoms with van der Waals surface area (Å²) in [6.07, 6.45) is 0.147. The Hall–Kier alpha value is -1.71. The molecule has 4 nitrogen and oxygen atoms in total. The van der Waals surface area contributed by atoms with Crippen LogP contribution in [0.15, 0.2) is 18.2 Å². The van der Waals surface area contributed by atoms with Crippen molar-refractivity contribution in [2.75, 3.05) is 11.5 Å². The topological polar surface area (TPSA) is 78.3 Å². The Bertz CT molecular complexity index is 394. The number of hydrogen-bond donors (Lipinski definition) is 2. The molecule has 4 heteroatoms. The lowest BCUT2D eigenvalue weighted by atomic mass is 10.1. The van der Waals surface area contributed by atoms with E-state index in [-0.39, 0.29) is 12.4 Å². The summed E-state index contributed by atoms with van der Waals surface area (Å²) in [6.45, 7) is 5.48. The number of nitrogens with two attached hydrogens (primary N) is 2. The van der Waals surface area contributed by atoms with E-state index >= 15 is 0 Å². The van der Waals surface area contributed by atoms with Crippen molar-refractivity contribution in [2.24, 2.45) is 0 Å². The molecule has 1 rings (SSSR count). The largest absolute Gasteiger partial charge is 0.460 e. The second-order valence-electron chi connectivity index (χ2n) is 4.72. The van der Waals surface area contributed by atoms with E-state index in [1.807, 2.05) is 20.8 Å². The Morgan fingerprint density at radius 1 is 1.31 bits per heavy atom. The molecule has 4 N–H and O–H groups in total. The number of rotatable bonds is 2. The quantitative estimate of drug-likeness (QED) is 0.590. The third-order valence-electron chi connectivity index (χ3n) is 1.92. The van der Waals surface area contributed by atoms with Gasteiger partial charge >= 0.3 is 5.97 Å². The zero-order valence-corrected chi connectivity index (χ0v) is 9.91. The lowest BCUT2D eigenvalue weighted by Crippen LogP contribution is -2.25. The molecule has 0 atom stereocenters. The minimum atomic E-state index is -0.480. The standard InChI is InChI=1S/C12H18N2O2/c1-12(2,3)16-11(15)7-8-6-9(13)4-5-10(8)14/h4-6H,7,13-14H2,1-3H3. The molecule has 0 aliphatic heterocycles. The van der Waals surface area contributed by atoms with E-state index in [1.165, 1.54) is 0 Å². The molecule has 0 saturated heterocycles. The first kappa shape index (κ1) is 12.4. The Morgan fingerprint density at radius 2 is 1.94 bits per heavy atom. The van der Waals surface area contributed by atoms with Crippen molar-refractivity contribution in [2.45, 2.75) is 32.8 Å². The summed E-state index contributed by atoms with van der Waals surface area (Å²) >= 11 is 0. The maximum atomic E-state index is 11.6. The molecular weight excluding hydrogens is 204 g/mol. The van der Waals surface area contributed by atoms with Gasteiger partial charge in [0.1, 0.15) is 5.60 Å². The smallest absolute Gasteiger partial charge is 0.310 e. The number of nitrogen functional groups attached to an aromatic ring is 2. The SMILES string of the molecule is CC(C)(C)OC(=O)Cc1cc(N)ccc1N. The molecular formula is C12H18N2O2. The summed E-state index contributed by atoms with van der Waals surface area (Å²) in [5, 5.41) is 0. The van der Waals surface area contributed by atoms with E-state index in [1.54, 1.807) is 18.2 Å². The molecule has 0 heterocycles. The minimum absolute atomic E-state index is 0.147. The Morgan fingerprint density at radius 3 is 2.50 bits per heavy atom. The molecule has 0 saturated carbocycles. The van der Waals surface area contributed by atoms with Gasteiger partial charge in [0.25, 0.3) is 0 Å². The van der Waals surface area contributed by atoms with Gasteiger partial charge in [-0.2, -0.15) is 0 Å². The molecule has 0 unspecified atom stereocenters. The molecule has 0 aliphatic rings. The zero-order valence-electron chi connectivity index (χ0n) is 9.91. The van der Waals surface area contributed by atoms with Crippen LogP contribution >= 0.6 is 0 Å². The summed E-state index contributed by atoms with van der Waals surface area (Å²) < 4.78 is 5.20. The van der Waals surface area contributed by atoms with Crippen LogP contribution in [-0.2, 0) is 16.0 Å². The highest BCUT2D eigenvalue weighted by molar-refractivity contribution is 5.76. The van der Waals surface area contributed by atoms with Crippen molar-refractivity contribution in [3.63, 3.8) is 0 Å². The van der Waals surface area contributed by atoms with Crippen LogP contribution < -0.4 is 11.5 Å². The number of esters is 1. The number of benzene rings is 1. The van der Waals surface area contributed by atoms with E-state index in [0.717, 1.165) is 0 Å². The molecule has 0 bridgehead atoms. The molecule has 0 aliphatic carbocycles. The predicted molar refractivity (Wildman–Crippen MR) is 64.8 cm³/mol. The number of hydrogen-bond acceptors (Lipinski definition) is 4. The Balaban J connectivity index is 2.73. The van der Waals surface area contributed by atoms with Crippen LogP contribution in [0.1, 0.15) is 26.3 Å². The van der Waals surface area contributed by atoms with E-state index in [9.17, 15) is 4.79 Å². The van der Waals surface area contributed by atoms with Gasteiger partial charge in [-0.25, -0.2) is 0 Å². The van der Waals surface area contributed by atoms with Gasteiger partial charge in [0.05, 0.1) is 6.42 Å². The normalized spacial score (nSPS) is 11.2. The van der Waals surface area contributed by atoms with Crippen molar-refractivity contribution in [3.05, 3.63) is 23.8 Å². The molecule has 0 fully saturated rings. The highest BCUT2D eigenvalue weighted by atomic mass is 16.6. The van der Waals surface area contributed by atoms with Crippen molar-refractivity contribution < 1.29 is 9.53 Å². The van der Waals surface area contributed by atoms with Gasteiger partial charge in [0.15, 0.2) is 0 Å². The van der Waals surface area contributed by atoms with Crippen LogP contribution in [0.5, 0.6) is 0 Å². The van der Waals surface area contributed by atoms with Crippen molar-refractivity contribution in [1.29, 1.82) is 0 Å². The molecule has 0 spiro atoms. The summed E-state index contributed by atoms with van der Waals surface area (Å²) in [5.74, 6) is -0.301. The van der Waals surface area contributed by atoms with E-state index in [2.05, 4.69) is 0 Å². The number of carbonyl (C=O) groups excluding carboxylic acids is 1. The van der Waals surface area contributed by atoms with Gasteiger partial charge in [-0.05, 0) is 44.5 Å². The minimum Gasteiger partial charge on any atom is -0.460 e. The van der Waals surface area contributed by atoms with Gasteiger partial charge in [0.2, 0.25) is 0 Å². The van der Waals surface area contributed by atoms with Crippen LogP contribution in [0.4, 0.5) is 11.4 Å². The molecule has 0 amide bonds. The Kier molecular flexibility index (Phi) is 3.42. The predicted octanol–water partition coefficient (Wildman–Crippen LogP) is 1.74. The molecule has 16 heavy (non-hydrogen) atoms. The van der Waals surface area contributed by atoms with Gasteiger partial charge in [-0.15, -0.1) is 0 Å². The van der Waals surface area contributed by atoms with Crippen molar-refractivity contribution in [1.82, 2.24) is 0 Å². The summed E-state index contributed by atoms with van der Waals surface area (Å²) in [5.41, 5.74) is 12.7. The van der Waals surface area contributed by atoms with Crippen molar-refractivity contribution in [3.8, 4) is 0 Å². The molecule has 1 aromatic rings. The Labute approximate surface area is 95.6 Å². The van der Waals surface area contributed by atoms with E-state index < -0.39 is 5.60 Å². The second-order valence-corrected chi connectivity index (χ2v) is 4.72. The van der Waals surface area contributed by atoms with Crippen LogP contribution in [0.25, 0.3) is 0 Å². The fraction of sp³-hybridized carbons (Fsp3) is 0.417. The van der Waals surface area contributed by atoms with E-state index in [0.29, 0.717) is 16.9 Å². The van der Waals surface area contributed by atoms with Crippen molar-refractivity contribution >= 4 is 17.3 Å². The first-order chi connectivity index (χ1) is 7.28. The summed E-state index contributed by atoms with van der Waals surface area (Å²) in [7, 11) is 0. The average Bonchev–Trinajstić information content (AvgIpc) is 2.08. The highest BCUT2D eigenvalue weighted by Crippen LogP contribution is 2.18. The third-order valence-corrected chi connectivity index (χ3v) is 1.92. The monoisotopic (exact) mass is 222 g/mol. The molecule has 88 valence electrons. The fourth-order valence-corrected chi connectivity index (χ4v) is 1.31. The molecule has 0 aromatic heterocycles. The van der Waals surface area contributed by atoms with Gasteiger partial charge < -0.3 is 16.2 Å². The molecule has 1 aromatic carbocycles. The van der Waals surface area contributed by atoms with Crippen LogP contribution in [0, 0.1) is 0 Å². The second kappa shape index (κ2) is 4.43. The van der Waals surface area contributed by atoms with Crippen LogP contribution in [-0.4, -0.2) is 11.6 Å². The zero-order chi connectivity index (χ0) is 12.3. The lowest BCUT2D eigenvalue weighted by molar-refractivity contribution is -0.153. The number of ether oxygens (including phenoxy) is 1. The first-order valence-corrected chi connectivity index (χ1v) is 5.13. The van der Waals surface area contributed by atoms with E-state index in [4.69, 9.17) is 16.2 Å². The summed E-state index contributed by atoms with van der Waals surface area (Å²) in [6, 6.07) is 5.09. The van der Waals surface area contributed by atoms with Crippen LogP contribution in [0.2, 0.25) is 0 Å². The van der Waals surface area contributed by atoms with Gasteiger partial charge in [-0.1, -0.05) is 0 Å². The van der Waals surface area contributed by atoms with Gasteiger partial charge in [-0.3, -0.25) is 4.79 Å². The number of carbonyl (C=O) groups is 1. The maximum Gasteiger partial charge on any atom is 0.310 e. The van der Waals surface area contributed by atoms with Crippen LogP contribution in [0.3, 0.4) is 0 Å². The van der Waals surface area contributed by atoms with Gasteiger partial charge in [0, 0.05) is 11.4 Å². The lowest BCUT2D eigenvalue weighted by Gasteiger charge is -2.19.